The van der Waals surface area contributed by atoms with E-state index in [9.17, 15) is 12.6 Å². The Labute approximate surface area is 150 Å². The molecule has 1 aromatic carbocycles. The Morgan fingerprint density at radius 2 is 1.76 bits per heavy atom. The maximum atomic E-state index is 13.3. The molecule has 0 spiro atoms. The van der Waals surface area contributed by atoms with Crippen molar-refractivity contribution < 1.29 is 17.3 Å². The Balaban J connectivity index is 1.59. The van der Waals surface area contributed by atoms with Gasteiger partial charge in [-0.05, 0) is 68.3 Å². The Hall–Kier alpha value is -1.10. The third kappa shape index (κ3) is 3.09. The molecule has 0 radical (unpaired) electrons. The van der Waals surface area contributed by atoms with Gasteiger partial charge >= 0.3 is 5.30 Å². The lowest BCUT2D eigenvalue weighted by Gasteiger charge is -2.62. The van der Waals surface area contributed by atoms with Crippen molar-refractivity contribution >= 4 is 16.1 Å². The predicted octanol–water partition coefficient (Wildman–Crippen LogP) is 6.17. The van der Waals surface area contributed by atoms with Crippen LogP contribution in [0.5, 0.6) is 0 Å². The average molecular weight is 368 g/mol. The molecule has 0 aliphatic heterocycles. The normalized spacial score (nSPS) is 37.1. The molecule has 1 aromatic rings. The van der Waals surface area contributed by atoms with Crippen LogP contribution in [0.25, 0.3) is 0 Å². The van der Waals surface area contributed by atoms with E-state index in [1.54, 1.807) is 0 Å². The largest absolute Gasteiger partial charge is 0.455 e. The summed E-state index contributed by atoms with van der Waals surface area (Å²) in [5.41, 5.74) is 2.68. The van der Waals surface area contributed by atoms with Crippen LogP contribution in [0.2, 0.25) is 0 Å². The molecule has 5 rings (SSSR count). The van der Waals surface area contributed by atoms with Crippen LogP contribution in [-0.2, 0) is 10.2 Å². The molecule has 0 heterocycles. The fraction of sp³-hybridized carbons (Fsp3) is 0.650. The first-order valence-electron chi connectivity index (χ1n) is 9.11. The van der Waals surface area contributed by atoms with Gasteiger partial charge in [0.25, 0.3) is 0 Å². The highest BCUT2D eigenvalue weighted by atomic mass is 32.3. The van der Waals surface area contributed by atoms with Gasteiger partial charge in [-0.25, -0.2) is 4.79 Å². The standard InChI is InChI=1S/C20H26F2O2S/c1-14-3-5-17(6-4-14)20-10-15-7-16(11-20)9-19(8-15,12-20)13-24-18(23)25(2,21)22/h3-6,15-16H,7-13H2,1-2H3. The second-order valence-corrected chi connectivity index (χ2v) is 10.7. The van der Waals surface area contributed by atoms with Gasteiger partial charge in [-0.2, -0.15) is 0 Å². The van der Waals surface area contributed by atoms with Gasteiger partial charge in [-0.15, -0.1) is 7.77 Å². The summed E-state index contributed by atoms with van der Waals surface area (Å²) in [6.07, 6.45) is 7.34. The predicted molar refractivity (Wildman–Crippen MR) is 97.1 cm³/mol. The number of halogens is 2. The van der Waals surface area contributed by atoms with Crippen LogP contribution in [0.15, 0.2) is 24.3 Å². The van der Waals surface area contributed by atoms with Crippen LogP contribution in [0.4, 0.5) is 12.6 Å². The van der Waals surface area contributed by atoms with Gasteiger partial charge in [-0.3, -0.25) is 0 Å². The van der Waals surface area contributed by atoms with Crippen molar-refractivity contribution in [3.63, 3.8) is 0 Å². The van der Waals surface area contributed by atoms with Crippen molar-refractivity contribution in [1.29, 1.82) is 0 Å². The van der Waals surface area contributed by atoms with Gasteiger partial charge in [0.1, 0.15) is 0 Å². The third-order valence-corrected chi connectivity index (χ3v) is 7.34. The molecular weight excluding hydrogens is 342 g/mol. The molecule has 0 N–H and O–H groups in total. The number of aryl methyl sites for hydroxylation is 1. The molecule has 0 amide bonds. The Morgan fingerprint density at radius 3 is 2.32 bits per heavy atom. The molecular formula is C20H26F2O2S. The zero-order valence-corrected chi connectivity index (χ0v) is 15.7. The molecule has 4 bridgehead atoms. The van der Waals surface area contributed by atoms with E-state index in [1.165, 1.54) is 30.4 Å². The molecule has 0 saturated heterocycles. The monoisotopic (exact) mass is 368 g/mol. The van der Waals surface area contributed by atoms with Gasteiger partial charge in [-0.1, -0.05) is 29.8 Å². The lowest BCUT2D eigenvalue weighted by molar-refractivity contribution is -0.0957. The number of benzene rings is 1. The summed E-state index contributed by atoms with van der Waals surface area (Å²) in [6, 6.07) is 8.82. The van der Waals surface area contributed by atoms with E-state index in [2.05, 4.69) is 31.2 Å². The van der Waals surface area contributed by atoms with Crippen molar-refractivity contribution in [3.05, 3.63) is 35.4 Å². The summed E-state index contributed by atoms with van der Waals surface area (Å²) in [5, 5.41) is -1.30. The van der Waals surface area contributed by atoms with E-state index in [0.717, 1.165) is 19.3 Å². The van der Waals surface area contributed by atoms with Crippen molar-refractivity contribution in [1.82, 2.24) is 0 Å². The number of hydrogen-bond donors (Lipinski definition) is 0. The lowest BCUT2D eigenvalue weighted by atomic mass is 9.43. The average Bonchev–Trinajstić information content (AvgIpc) is 2.51. The second kappa shape index (κ2) is 5.70. The molecule has 5 heteroatoms. The summed E-state index contributed by atoms with van der Waals surface area (Å²) in [4.78, 5) is 11.6. The minimum atomic E-state index is -4.27. The number of ether oxygens (including phenoxy) is 1. The maximum absolute atomic E-state index is 13.3. The summed E-state index contributed by atoms with van der Waals surface area (Å²) < 4.78 is 31.7. The summed E-state index contributed by atoms with van der Waals surface area (Å²) >= 11 is 0. The maximum Gasteiger partial charge on any atom is 0.404 e. The smallest absolute Gasteiger partial charge is 0.404 e. The van der Waals surface area contributed by atoms with Gasteiger partial charge in [0.15, 0.2) is 10.8 Å². The van der Waals surface area contributed by atoms with Crippen molar-refractivity contribution in [3.8, 4) is 0 Å². The number of rotatable bonds is 3. The van der Waals surface area contributed by atoms with E-state index < -0.39 is 16.1 Å². The van der Waals surface area contributed by atoms with E-state index in [4.69, 9.17) is 4.74 Å². The second-order valence-electron chi connectivity index (χ2n) is 8.87. The fourth-order valence-electron chi connectivity index (χ4n) is 6.18. The summed E-state index contributed by atoms with van der Waals surface area (Å²) in [7, 11) is -4.27. The topological polar surface area (TPSA) is 26.3 Å². The Morgan fingerprint density at radius 1 is 1.16 bits per heavy atom. The van der Waals surface area contributed by atoms with Gasteiger partial charge in [0, 0.05) is 11.7 Å². The third-order valence-electron chi connectivity index (χ3n) is 6.64. The molecule has 4 aliphatic rings. The highest BCUT2D eigenvalue weighted by molar-refractivity contribution is 8.36. The van der Waals surface area contributed by atoms with Crippen LogP contribution in [-0.4, -0.2) is 18.2 Å². The van der Waals surface area contributed by atoms with E-state index >= 15 is 0 Å². The van der Waals surface area contributed by atoms with Crippen LogP contribution in [0.3, 0.4) is 0 Å². The molecule has 4 saturated carbocycles. The molecule has 0 aromatic heterocycles. The quantitative estimate of drug-likeness (QED) is 0.596. The Kier molecular flexibility index (Phi) is 3.95. The van der Waals surface area contributed by atoms with Gasteiger partial charge in [0.2, 0.25) is 0 Å². The van der Waals surface area contributed by atoms with Crippen molar-refractivity contribution in [2.24, 2.45) is 17.3 Å². The van der Waals surface area contributed by atoms with Gasteiger partial charge < -0.3 is 4.74 Å². The first-order chi connectivity index (χ1) is 11.7. The van der Waals surface area contributed by atoms with Crippen LogP contribution < -0.4 is 0 Å². The minimum Gasteiger partial charge on any atom is -0.455 e. The highest BCUT2D eigenvalue weighted by Crippen LogP contribution is 2.66. The fourth-order valence-corrected chi connectivity index (χ4v) is 6.45. The van der Waals surface area contributed by atoms with Crippen LogP contribution >= 0.6 is 10.8 Å². The SMILES string of the molecule is Cc1ccc(C23CC4CC(CC(COC(=O)S(C)(F)F)(C4)C2)C3)cc1. The highest BCUT2D eigenvalue weighted by Gasteiger charge is 2.58. The minimum absolute atomic E-state index is 0.102. The zero-order chi connectivity index (χ0) is 17.9. The van der Waals surface area contributed by atoms with Crippen LogP contribution in [0.1, 0.15) is 49.7 Å². The summed E-state index contributed by atoms with van der Waals surface area (Å²) in [6.45, 7) is 2.26. The molecule has 138 valence electrons. The van der Waals surface area contributed by atoms with E-state index in [0.29, 0.717) is 18.1 Å². The lowest BCUT2D eigenvalue weighted by Crippen LogP contribution is -2.55. The van der Waals surface area contributed by atoms with Gasteiger partial charge in [0.05, 0.1) is 6.61 Å². The number of carbonyl (C=O) groups is 1. The molecule has 4 fully saturated rings. The molecule has 2 atom stereocenters. The van der Waals surface area contributed by atoms with Crippen molar-refractivity contribution in [2.75, 3.05) is 12.9 Å². The Bertz CT molecular complexity index is 666. The first kappa shape index (κ1) is 17.3. The van der Waals surface area contributed by atoms with E-state index in [1.807, 2.05) is 0 Å². The molecule has 4 aliphatic carbocycles. The molecule has 2 nitrogen and oxygen atoms in total. The molecule has 2 unspecified atom stereocenters. The number of hydrogen-bond acceptors (Lipinski definition) is 2. The number of carbonyl (C=O) groups excluding carboxylic acids is 1. The summed E-state index contributed by atoms with van der Waals surface area (Å²) in [5.74, 6) is 1.27. The first-order valence-corrected chi connectivity index (χ1v) is 11.0. The van der Waals surface area contributed by atoms with Crippen LogP contribution in [0, 0.1) is 24.2 Å². The molecule has 25 heavy (non-hydrogen) atoms. The van der Waals surface area contributed by atoms with E-state index in [-0.39, 0.29) is 17.4 Å². The van der Waals surface area contributed by atoms with Crippen molar-refractivity contribution in [2.45, 2.75) is 50.9 Å². The zero-order valence-electron chi connectivity index (χ0n) is 14.9.